The zero-order valence-electron chi connectivity index (χ0n) is 6.51. The van der Waals surface area contributed by atoms with Gasteiger partial charge in [0.15, 0.2) is 0 Å². The second-order valence-corrected chi connectivity index (χ2v) is 1.89. The van der Waals surface area contributed by atoms with Crippen molar-refractivity contribution in [3.63, 3.8) is 0 Å². The van der Waals surface area contributed by atoms with E-state index in [9.17, 15) is 0 Å². The van der Waals surface area contributed by atoms with Crippen molar-refractivity contribution in [2.75, 3.05) is 26.3 Å². The first-order valence-electron chi connectivity index (χ1n) is 3.33. The summed E-state index contributed by atoms with van der Waals surface area (Å²) in [5.74, 6) is 0. The molecule has 2 fully saturated rings. The van der Waals surface area contributed by atoms with Crippen LogP contribution in [0.4, 0.5) is 0 Å². The van der Waals surface area contributed by atoms with Gasteiger partial charge >= 0.3 is 19.5 Å². The first kappa shape index (κ1) is 11.5. The van der Waals surface area contributed by atoms with E-state index in [-0.39, 0.29) is 19.5 Å². The van der Waals surface area contributed by atoms with Gasteiger partial charge in [-0.2, -0.15) is 13.5 Å². The van der Waals surface area contributed by atoms with E-state index < -0.39 is 0 Å². The molecular formula is C6H12N2O2Zn. The Morgan fingerprint density at radius 1 is 0.909 bits per heavy atom. The van der Waals surface area contributed by atoms with Crippen molar-refractivity contribution in [3.05, 3.63) is 13.5 Å². The number of nitrogens with one attached hydrogen (secondary N) is 2. The maximum atomic E-state index is 4.71. The van der Waals surface area contributed by atoms with Crippen molar-refractivity contribution >= 4 is 0 Å². The van der Waals surface area contributed by atoms with E-state index in [2.05, 4.69) is 10.6 Å². The van der Waals surface area contributed by atoms with E-state index in [1.807, 2.05) is 0 Å². The Kier molecular flexibility index (Phi) is 8.92. The Bertz CT molecular complexity index is 51.8. The molecule has 0 aliphatic carbocycles. The van der Waals surface area contributed by atoms with E-state index >= 15 is 0 Å². The summed E-state index contributed by atoms with van der Waals surface area (Å²) in [5.41, 5.74) is 0. The maximum Gasteiger partial charge on any atom is 2.00 e. The number of hydrogen-bond donors (Lipinski definition) is 2. The fourth-order valence-corrected chi connectivity index (χ4v) is 0.589. The van der Waals surface area contributed by atoms with Crippen molar-refractivity contribution in [1.29, 1.82) is 0 Å². The predicted molar refractivity (Wildman–Crippen MR) is 36.5 cm³/mol. The molecule has 2 aliphatic heterocycles. The molecule has 2 aliphatic rings. The molecule has 0 bridgehead atoms. The first-order valence-corrected chi connectivity index (χ1v) is 3.33. The van der Waals surface area contributed by atoms with Crippen LogP contribution >= 0.6 is 0 Å². The normalized spacial score (nSPS) is 21.8. The molecule has 2 N–H and O–H groups in total. The molecule has 0 aromatic heterocycles. The first-order chi connectivity index (χ1) is 5.00. The van der Waals surface area contributed by atoms with E-state index in [1.165, 1.54) is 0 Å². The monoisotopic (exact) mass is 208 g/mol. The Balaban J connectivity index is 0.000000167. The van der Waals surface area contributed by atoms with E-state index in [0.29, 0.717) is 0 Å². The predicted octanol–water partition coefficient (Wildman–Crippen LogP) is -0.552. The van der Waals surface area contributed by atoms with E-state index in [1.54, 1.807) is 13.5 Å². The smallest absolute Gasteiger partial charge is 0.536 e. The molecule has 5 heteroatoms. The van der Waals surface area contributed by atoms with Crippen molar-refractivity contribution in [3.8, 4) is 0 Å². The molecule has 2 heterocycles. The van der Waals surface area contributed by atoms with Crippen LogP contribution in [0, 0.1) is 13.5 Å². The molecule has 0 atom stereocenters. The molecule has 2 saturated heterocycles. The molecule has 0 amide bonds. The third-order valence-corrected chi connectivity index (χ3v) is 1.06. The average Bonchev–Trinajstić information content (AvgIpc) is 2.67. The SMILES string of the molecule is [CH-]1NCCO1.[CH-]1NCCO1.[Zn+2]. The zero-order valence-corrected chi connectivity index (χ0v) is 9.47. The standard InChI is InChI=1S/2C3H6NO.Zn/c2*1-2-5-3-4-1;/h2*3-4H,1-2H2;/q2*-1;+2. The molecule has 60 valence electrons. The van der Waals surface area contributed by atoms with Gasteiger partial charge in [0.05, 0.1) is 0 Å². The second-order valence-electron chi connectivity index (χ2n) is 1.89. The van der Waals surface area contributed by atoms with Crippen molar-refractivity contribution < 1.29 is 29.0 Å². The van der Waals surface area contributed by atoms with Crippen LogP contribution in [0.15, 0.2) is 0 Å². The van der Waals surface area contributed by atoms with Gasteiger partial charge in [-0.15, -0.1) is 0 Å². The van der Waals surface area contributed by atoms with Crippen LogP contribution in [0.2, 0.25) is 0 Å². The van der Waals surface area contributed by atoms with Crippen molar-refractivity contribution in [2.24, 2.45) is 0 Å². The van der Waals surface area contributed by atoms with Gasteiger partial charge in [0.1, 0.15) is 0 Å². The summed E-state index contributed by atoms with van der Waals surface area (Å²) in [4.78, 5) is 0. The summed E-state index contributed by atoms with van der Waals surface area (Å²) in [5, 5.41) is 5.75. The third-order valence-electron chi connectivity index (χ3n) is 1.06. The fourth-order valence-electron chi connectivity index (χ4n) is 0.589. The maximum absolute atomic E-state index is 4.71. The zero-order chi connectivity index (χ0) is 7.07. The molecule has 0 aromatic rings. The van der Waals surface area contributed by atoms with Crippen molar-refractivity contribution in [2.45, 2.75) is 0 Å². The van der Waals surface area contributed by atoms with Gasteiger partial charge in [0, 0.05) is 13.2 Å². The van der Waals surface area contributed by atoms with Gasteiger partial charge < -0.3 is 20.1 Å². The van der Waals surface area contributed by atoms with E-state index in [4.69, 9.17) is 9.47 Å². The van der Waals surface area contributed by atoms with Crippen molar-refractivity contribution in [1.82, 2.24) is 10.6 Å². The van der Waals surface area contributed by atoms with Gasteiger partial charge in [-0.3, -0.25) is 0 Å². The molecule has 0 saturated carbocycles. The van der Waals surface area contributed by atoms with Gasteiger partial charge in [0.25, 0.3) is 0 Å². The van der Waals surface area contributed by atoms with Gasteiger partial charge in [0.2, 0.25) is 0 Å². The molecule has 0 radical (unpaired) electrons. The summed E-state index contributed by atoms with van der Waals surface area (Å²) in [6.07, 6.45) is 0. The van der Waals surface area contributed by atoms with Crippen LogP contribution in [0.1, 0.15) is 0 Å². The topological polar surface area (TPSA) is 42.5 Å². The number of hydrogen-bond acceptors (Lipinski definition) is 4. The van der Waals surface area contributed by atoms with Gasteiger partial charge in [-0.05, 0) is 13.1 Å². The summed E-state index contributed by atoms with van der Waals surface area (Å²) in [7, 11) is 0. The second kappa shape index (κ2) is 8.56. The van der Waals surface area contributed by atoms with E-state index in [0.717, 1.165) is 26.3 Å². The van der Waals surface area contributed by atoms with Crippen LogP contribution in [0.5, 0.6) is 0 Å². The quantitative estimate of drug-likeness (QED) is 0.415. The molecule has 4 nitrogen and oxygen atoms in total. The van der Waals surface area contributed by atoms with Crippen LogP contribution < -0.4 is 10.6 Å². The number of ether oxygens (including phenoxy) is 2. The minimum atomic E-state index is 0. The molecule has 11 heavy (non-hydrogen) atoms. The number of rotatable bonds is 0. The van der Waals surface area contributed by atoms with Crippen LogP contribution in [-0.2, 0) is 29.0 Å². The summed E-state index contributed by atoms with van der Waals surface area (Å²) >= 11 is 0. The Hall–Kier alpha value is 0.463. The Labute approximate surface area is 79.8 Å². The average molecular weight is 210 g/mol. The molecule has 2 rings (SSSR count). The summed E-state index contributed by atoms with van der Waals surface area (Å²) in [6.45, 7) is 6.83. The molecular weight excluding hydrogens is 197 g/mol. The minimum Gasteiger partial charge on any atom is -0.536 e. The van der Waals surface area contributed by atoms with Crippen LogP contribution in [-0.4, -0.2) is 26.3 Å². The van der Waals surface area contributed by atoms with Gasteiger partial charge in [-0.25, -0.2) is 0 Å². The van der Waals surface area contributed by atoms with Crippen LogP contribution in [0.3, 0.4) is 0 Å². The molecule has 0 spiro atoms. The molecule has 0 unspecified atom stereocenters. The third kappa shape index (κ3) is 6.85. The summed E-state index contributed by atoms with van der Waals surface area (Å²) in [6, 6.07) is 0. The Morgan fingerprint density at radius 2 is 1.36 bits per heavy atom. The minimum absolute atomic E-state index is 0. The summed E-state index contributed by atoms with van der Waals surface area (Å²) < 4.78 is 9.42. The largest absolute Gasteiger partial charge is 2.00 e. The fraction of sp³-hybridized carbons (Fsp3) is 0.667. The van der Waals surface area contributed by atoms with Crippen LogP contribution in [0.25, 0.3) is 0 Å². The van der Waals surface area contributed by atoms with Gasteiger partial charge in [-0.1, -0.05) is 0 Å². The molecule has 0 aromatic carbocycles. The Morgan fingerprint density at radius 3 is 1.45 bits per heavy atom.